The summed E-state index contributed by atoms with van der Waals surface area (Å²) >= 11 is 0. The predicted octanol–water partition coefficient (Wildman–Crippen LogP) is 4.73. The quantitative estimate of drug-likeness (QED) is 0.833. The van der Waals surface area contributed by atoms with E-state index in [9.17, 15) is 0 Å². The van der Waals surface area contributed by atoms with Gasteiger partial charge in [0.05, 0.1) is 5.70 Å². The number of nitrogens with one attached hydrogen (secondary N) is 1. The third-order valence-corrected chi connectivity index (χ3v) is 3.70. The Balaban J connectivity index is 1.94. The molecule has 3 nitrogen and oxygen atoms in total. The molecule has 0 bridgehead atoms. The van der Waals surface area contributed by atoms with Crippen molar-refractivity contribution in [2.24, 2.45) is 0 Å². The Morgan fingerprint density at radius 3 is 2.48 bits per heavy atom. The summed E-state index contributed by atoms with van der Waals surface area (Å²) in [6.45, 7) is 10.0. The van der Waals surface area contributed by atoms with Crippen LogP contribution < -0.4 is 5.32 Å². The lowest BCUT2D eigenvalue weighted by Gasteiger charge is -2.11. The fourth-order valence-corrected chi connectivity index (χ4v) is 2.30. The van der Waals surface area contributed by atoms with Crippen LogP contribution in [0.3, 0.4) is 0 Å². The van der Waals surface area contributed by atoms with Crippen molar-refractivity contribution < 1.29 is 0 Å². The Morgan fingerprint density at radius 2 is 1.78 bits per heavy atom. The molecule has 23 heavy (non-hydrogen) atoms. The molecule has 0 fully saturated rings. The Labute approximate surface area is 136 Å². The fourth-order valence-electron chi connectivity index (χ4n) is 2.30. The highest BCUT2D eigenvalue weighted by Crippen LogP contribution is 2.21. The van der Waals surface area contributed by atoms with Gasteiger partial charge in [0.1, 0.15) is 5.82 Å². The molecule has 0 amide bonds. The standard InChI is InChI=1S/C20H19N3/c1-13-5-8-17(9-6-13)20-21-16(4)12-19(23-20)22-18-10-7-14(2)15(3)11-18/h5-9,11-12H,2H2,1,3-4H3,(H,21,22,23). The number of aromatic nitrogens is 2. The van der Waals surface area contributed by atoms with E-state index in [2.05, 4.69) is 46.7 Å². The maximum Gasteiger partial charge on any atom is 0.161 e. The number of nitrogens with zero attached hydrogens (tertiary/aromatic N) is 2. The normalized spacial score (nSPS) is 13.6. The van der Waals surface area contributed by atoms with Crippen LogP contribution in [-0.4, -0.2) is 9.97 Å². The molecule has 0 atom stereocenters. The minimum atomic E-state index is 0.720. The SMILES string of the molecule is C=C1C=C=C(Nc2cc(C)nc(-c3ccc(C)cc3)n2)C=C1C. The summed E-state index contributed by atoms with van der Waals surface area (Å²) in [5, 5.41) is 3.30. The molecule has 1 heterocycles. The number of allylic oxidation sites excluding steroid dienone is 3. The highest BCUT2D eigenvalue weighted by molar-refractivity contribution is 5.60. The first-order valence-electron chi connectivity index (χ1n) is 7.55. The molecule has 0 radical (unpaired) electrons. The van der Waals surface area contributed by atoms with Crippen molar-refractivity contribution in [3.05, 3.63) is 82.9 Å². The number of aryl methyl sites for hydroxylation is 2. The summed E-state index contributed by atoms with van der Waals surface area (Å²) in [4.78, 5) is 9.16. The fraction of sp³-hybridized carbons (Fsp3) is 0.150. The summed E-state index contributed by atoms with van der Waals surface area (Å²) in [6, 6.07) is 10.2. The molecular formula is C20H19N3. The Hall–Kier alpha value is -2.90. The maximum absolute atomic E-state index is 4.62. The van der Waals surface area contributed by atoms with Crippen molar-refractivity contribution in [3.8, 4) is 11.4 Å². The number of rotatable bonds is 3. The molecule has 1 aromatic heterocycles. The van der Waals surface area contributed by atoms with E-state index < -0.39 is 0 Å². The molecule has 0 spiro atoms. The van der Waals surface area contributed by atoms with Gasteiger partial charge in [-0.15, -0.1) is 0 Å². The average Bonchev–Trinajstić information content (AvgIpc) is 2.51. The van der Waals surface area contributed by atoms with Crippen LogP contribution in [0.2, 0.25) is 0 Å². The van der Waals surface area contributed by atoms with Crippen LogP contribution >= 0.6 is 0 Å². The second kappa shape index (κ2) is 6.07. The summed E-state index contributed by atoms with van der Waals surface area (Å²) in [7, 11) is 0. The molecule has 0 saturated heterocycles. The van der Waals surface area contributed by atoms with Crippen molar-refractivity contribution in [2.45, 2.75) is 20.8 Å². The van der Waals surface area contributed by atoms with Gasteiger partial charge in [0, 0.05) is 17.3 Å². The van der Waals surface area contributed by atoms with E-state index in [0.717, 1.165) is 39.7 Å². The van der Waals surface area contributed by atoms with Gasteiger partial charge in [-0.3, -0.25) is 0 Å². The van der Waals surface area contributed by atoms with Crippen molar-refractivity contribution in [1.82, 2.24) is 9.97 Å². The second-order valence-electron chi connectivity index (χ2n) is 5.76. The van der Waals surface area contributed by atoms with E-state index in [0.29, 0.717) is 0 Å². The summed E-state index contributed by atoms with van der Waals surface area (Å²) < 4.78 is 0. The lowest BCUT2D eigenvalue weighted by Crippen LogP contribution is -2.04. The topological polar surface area (TPSA) is 37.8 Å². The number of anilines is 1. The zero-order valence-corrected chi connectivity index (χ0v) is 13.6. The molecule has 1 aromatic carbocycles. The maximum atomic E-state index is 4.62. The third kappa shape index (κ3) is 3.47. The molecule has 1 aliphatic rings. The van der Waals surface area contributed by atoms with Crippen LogP contribution in [0.5, 0.6) is 0 Å². The predicted molar refractivity (Wildman–Crippen MR) is 95.1 cm³/mol. The average molecular weight is 301 g/mol. The largest absolute Gasteiger partial charge is 0.334 e. The molecule has 3 heteroatoms. The van der Waals surface area contributed by atoms with Gasteiger partial charge in [-0.2, -0.15) is 0 Å². The zero-order valence-electron chi connectivity index (χ0n) is 13.6. The molecule has 1 N–H and O–H groups in total. The monoisotopic (exact) mass is 301 g/mol. The van der Waals surface area contributed by atoms with Crippen LogP contribution in [0.15, 0.2) is 71.6 Å². The van der Waals surface area contributed by atoms with Gasteiger partial charge >= 0.3 is 0 Å². The van der Waals surface area contributed by atoms with Gasteiger partial charge in [0.15, 0.2) is 5.82 Å². The molecule has 3 rings (SSSR count). The Bertz CT molecular complexity index is 864. The molecule has 1 aliphatic carbocycles. The number of hydrogen-bond acceptors (Lipinski definition) is 3. The minimum absolute atomic E-state index is 0.720. The zero-order chi connectivity index (χ0) is 16.4. The van der Waals surface area contributed by atoms with Gasteiger partial charge < -0.3 is 5.32 Å². The van der Waals surface area contributed by atoms with Crippen molar-refractivity contribution in [3.63, 3.8) is 0 Å². The summed E-state index contributed by atoms with van der Waals surface area (Å²) in [6.07, 6.45) is 3.90. The molecule has 2 aromatic rings. The molecule has 0 aliphatic heterocycles. The van der Waals surface area contributed by atoms with Gasteiger partial charge in [-0.1, -0.05) is 42.1 Å². The van der Waals surface area contributed by atoms with E-state index in [1.54, 1.807) is 0 Å². The third-order valence-electron chi connectivity index (χ3n) is 3.70. The Morgan fingerprint density at radius 1 is 1.04 bits per heavy atom. The Kier molecular flexibility index (Phi) is 3.96. The van der Waals surface area contributed by atoms with Crippen molar-refractivity contribution in [1.29, 1.82) is 0 Å². The lowest BCUT2D eigenvalue weighted by atomic mass is 10.1. The van der Waals surface area contributed by atoms with Crippen molar-refractivity contribution in [2.75, 3.05) is 5.32 Å². The smallest absolute Gasteiger partial charge is 0.161 e. The van der Waals surface area contributed by atoms with E-state index >= 15 is 0 Å². The van der Waals surface area contributed by atoms with E-state index in [1.165, 1.54) is 5.56 Å². The first kappa shape index (κ1) is 15.0. The van der Waals surface area contributed by atoms with Crippen LogP contribution in [0.25, 0.3) is 11.4 Å². The van der Waals surface area contributed by atoms with E-state index in [-0.39, 0.29) is 0 Å². The van der Waals surface area contributed by atoms with Gasteiger partial charge in [0.25, 0.3) is 0 Å². The summed E-state index contributed by atoms with van der Waals surface area (Å²) in [5.74, 6) is 1.48. The van der Waals surface area contributed by atoms with Crippen LogP contribution in [-0.2, 0) is 0 Å². The van der Waals surface area contributed by atoms with Crippen LogP contribution in [0.1, 0.15) is 18.2 Å². The van der Waals surface area contributed by atoms with E-state index in [1.807, 2.05) is 44.2 Å². The highest BCUT2D eigenvalue weighted by atomic mass is 15.0. The van der Waals surface area contributed by atoms with Gasteiger partial charge in [-0.05, 0) is 44.1 Å². The highest BCUT2D eigenvalue weighted by Gasteiger charge is 2.07. The molecule has 0 unspecified atom stereocenters. The van der Waals surface area contributed by atoms with Crippen LogP contribution in [0.4, 0.5) is 5.82 Å². The first-order valence-corrected chi connectivity index (χ1v) is 7.55. The lowest BCUT2D eigenvalue weighted by molar-refractivity contribution is 1.11. The second-order valence-corrected chi connectivity index (χ2v) is 5.76. The number of hydrogen-bond donors (Lipinski definition) is 1. The summed E-state index contributed by atoms with van der Waals surface area (Å²) in [5.41, 5.74) is 9.31. The number of benzene rings is 1. The van der Waals surface area contributed by atoms with Crippen LogP contribution in [0, 0.1) is 13.8 Å². The molecular weight excluding hydrogens is 282 g/mol. The van der Waals surface area contributed by atoms with Gasteiger partial charge in [-0.25, -0.2) is 9.97 Å². The molecule has 114 valence electrons. The van der Waals surface area contributed by atoms with Crippen molar-refractivity contribution >= 4 is 5.82 Å². The molecule has 0 saturated carbocycles. The van der Waals surface area contributed by atoms with E-state index in [4.69, 9.17) is 0 Å². The van der Waals surface area contributed by atoms with Gasteiger partial charge in [0.2, 0.25) is 0 Å². The minimum Gasteiger partial charge on any atom is -0.334 e. The first-order chi connectivity index (χ1) is 11.0.